The van der Waals surface area contributed by atoms with Gasteiger partial charge in [-0.25, -0.2) is 4.98 Å². The largest absolute Gasteiger partial charge is 0.417 e. The summed E-state index contributed by atoms with van der Waals surface area (Å²) >= 11 is 6.05. The summed E-state index contributed by atoms with van der Waals surface area (Å²) in [7, 11) is 0. The number of nitriles is 1. The van der Waals surface area contributed by atoms with E-state index in [1.165, 1.54) is 0 Å². The predicted molar refractivity (Wildman–Crippen MR) is 107 cm³/mol. The number of carbonyl (C=O) groups is 1. The second-order valence-corrected chi connectivity index (χ2v) is 7.29. The van der Waals surface area contributed by atoms with E-state index in [0.717, 1.165) is 12.3 Å². The van der Waals surface area contributed by atoms with Crippen molar-refractivity contribution in [1.29, 1.82) is 5.26 Å². The van der Waals surface area contributed by atoms with Crippen molar-refractivity contribution in [3.63, 3.8) is 0 Å². The van der Waals surface area contributed by atoms with Gasteiger partial charge < -0.3 is 10.2 Å². The molecule has 1 aromatic heterocycles. The van der Waals surface area contributed by atoms with Crippen molar-refractivity contribution >= 4 is 29.0 Å². The lowest BCUT2D eigenvalue weighted by Crippen LogP contribution is -2.36. The SMILES string of the molecule is N#Cc1ccc(NC(=O)CN2CCCN(c3ncc(C(F)(F)F)cc3Cl)CC2)cc1. The lowest BCUT2D eigenvalue weighted by atomic mass is 10.2. The van der Waals surface area contributed by atoms with Crippen LogP contribution >= 0.6 is 11.6 Å². The standard InChI is InChI=1S/C20H19ClF3N5O/c21-17-10-15(20(22,23)24)12-26-19(17)29-7-1-6-28(8-9-29)13-18(30)27-16-4-2-14(11-25)3-5-16/h2-5,10,12H,1,6-9,13H2,(H,27,30). The number of halogens is 4. The van der Waals surface area contributed by atoms with Crippen LogP contribution < -0.4 is 10.2 Å². The van der Waals surface area contributed by atoms with Crippen molar-refractivity contribution in [1.82, 2.24) is 9.88 Å². The minimum absolute atomic E-state index is 0.0446. The van der Waals surface area contributed by atoms with Crippen LogP contribution in [-0.4, -0.2) is 48.5 Å². The van der Waals surface area contributed by atoms with E-state index >= 15 is 0 Å². The molecule has 158 valence electrons. The number of aromatic nitrogens is 1. The number of anilines is 2. The molecule has 1 aliphatic heterocycles. The average molecular weight is 438 g/mol. The summed E-state index contributed by atoms with van der Waals surface area (Å²) in [5, 5.41) is 11.6. The maximum atomic E-state index is 12.8. The van der Waals surface area contributed by atoms with E-state index in [0.29, 0.717) is 49.7 Å². The highest BCUT2D eigenvalue weighted by molar-refractivity contribution is 6.33. The molecule has 0 radical (unpaired) electrons. The molecular weight excluding hydrogens is 419 g/mol. The zero-order valence-corrected chi connectivity index (χ0v) is 16.7. The zero-order chi connectivity index (χ0) is 21.7. The summed E-state index contributed by atoms with van der Waals surface area (Å²) in [5.74, 6) is 0.132. The molecule has 0 unspecified atom stereocenters. The quantitative estimate of drug-likeness (QED) is 0.788. The van der Waals surface area contributed by atoms with Crippen LogP contribution in [0.4, 0.5) is 24.7 Å². The number of carbonyl (C=O) groups excluding carboxylic acids is 1. The van der Waals surface area contributed by atoms with E-state index in [1.807, 2.05) is 15.9 Å². The second kappa shape index (κ2) is 9.32. The predicted octanol–water partition coefficient (Wildman–Crippen LogP) is 3.78. The molecule has 2 aromatic rings. The maximum Gasteiger partial charge on any atom is 0.417 e. The van der Waals surface area contributed by atoms with Crippen LogP contribution in [0.3, 0.4) is 0 Å². The van der Waals surface area contributed by atoms with Crippen molar-refractivity contribution in [3.05, 3.63) is 52.7 Å². The van der Waals surface area contributed by atoms with Crippen LogP contribution in [0, 0.1) is 11.3 Å². The lowest BCUT2D eigenvalue weighted by molar-refractivity contribution is -0.137. The summed E-state index contributed by atoms with van der Waals surface area (Å²) in [6.07, 6.45) is -2.99. The molecular formula is C20H19ClF3N5O. The summed E-state index contributed by atoms with van der Waals surface area (Å²) in [5.41, 5.74) is 0.236. The average Bonchev–Trinajstić information content (AvgIpc) is 2.93. The van der Waals surface area contributed by atoms with Crippen LogP contribution in [0.5, 0.6) is 0 Å². The van der Waals surface area contributed by atoms with Gasteiger partial charge in [-0.2, -0.15) is 18.4 Å². The molecule has 10 heteroatoms. The number of pyridine rings is 1. The van der Waals surface area contributed by atoms with Gasteiger partial charge in [0.1, 0.15) is 5.82 Å². The first-order chi connectivity index (χ1) is 14.3. The van der Waals surface area contributed by atoms with Gasteiger partial charge in [-0.1, -0.05) is 11.6 Å². The minimum atomic E-state index is -4.49. The fourth-order valence-electron chi connectivity index (χ4n) is 3.19. The molecule has 0 atom stereocenters. The highest BCUT2D eigenvalue weighted by atomic mass is 35.5. The van der Waals surface area contributed by atoms with Crippen LogP contribution in [0.25, 0.3) is 0 Å². The van der Waals surface area contributed by atoms with E-state index in [9.17, 15) is 18.0 Å². The van der Waals surface area contributed by atoms with Gasteiger partial charge >= 0.3 is 6.18 Å². The highest BCUT2D eigenvalue weighted by Gasteiger charge is 2.32. The summed E-state index contributed by atoms with van der Waals surface area (Å²) in [6, 6.07) is 9.48. The number of rotatable bonds is 4. The molecule has 0 saturated carbocycles. The number of hydrogen-bond donors (Lipinski definition) is 1. The third kappa shape index (κ3) is 5.62. The number of nitrogens with one attached hydrogen (secondary N) is 1. The van der Waals surface area contributed by atoms with E-state index in [4.69, 9.17) is 16.9 Å². The Bertz CT molecular complexity index is 943. The number of nitrogens with zero attached hydrogens (tertiary/aromatic N) is 4. The molecule has 1 aliphatic rings. The number of hydrogen-bond acceptors (Lipinski definition) is 5. The van der Waals surface area contributed by atoms with E-state index in [1.54, 1.807) is 24.3 Å². The van der Waals surface area contributed by atoms with Gasteiger partial charge in [-0.3, -0.25) is 9.69 Å². The molecule has 30 heavy (non-hydrogen) atoms. The molecule has 2 heterocycles. The fraction of sp³-hybridized carbons (Fsp3) is 0.350. The van der Waals surface area contributed by atoms with Crippen molar-refractivity contribution in [2.45, 2.75) is 12.6 Å². The Morgan fingerprint density at radius 3 is 2.57 bits per heavy atom. The molecule has 1 aromatic carbocycles. The van der Waals surface area contributed by atoms with E-state index in [-0.39, 0.29) is 17.5 Å². The fourth-order valence-corrected chi connectivity index (χ4v) is 3.48. The summed E-state index contributed by atoms with van der Waals surface area (Å²) in [4.78, 5) is 20.0. The number of amides is 1. The molecule has 0 aliphatic carbocycles. The number of benzene rings is 1. The van der Waals surface area contributed by atoms with Gasteiger partial charge in [0.25, 0.3) is 0 Å². The third-order valence-electron chi connectivity index (χ3n) is 4.70. The van der Waals surface area contributed by atoms with Crippen molar-refractivity contribution < 1.29 is 18.0 Å². The van der Waals surface area contributed by atoms with Gasteiger partial charge in [0, 0.05) is 38.1 Å². The first-order valence-electron chi connectivity index (χ1n) is 9.26. The Balaban J connectivity index is 1.57. The smallest absolute Gasteiger partial charge is 0.354 e. The third-order valence-corrected chi connectivity index (χ3v) is 4.98. The van der Waals surface area contributed by atoms with Crippen molar-refractivity contribution in [2.24, 2.45) is 0 Å². The molecule has 1 saturated heterocycles. The number of alkyl halides is 3. The Labute approximate surface area is 176 Å². The van der Waals surface area contributed by atoms with Crippen LogP contribution in [0.2, 0.25) is 5.02 Å². The first-order valence-corrected chi connectivity index (χ1v) is 9.64. The normalized spacial score (nSPS) is 15.4. The van der Waals surface area contributed by atoms with Gasteiger partial charge in [0.15, 0.2) is 0 Å². The molecule has 6 nitrogen and oxygen atoms in total. The molecule has 0 bridgehead atoms. The Morgan fingerprint density at radius 2 is 1.93 bits per heavy atom. The van der Waals surface area contributed by atoms with Gasteiger partial charge in [-0.05, 0) is 36.8 Å². The molecule has 1 N–H and O–H groups in total. The Hall–Kier alpha value is -2.83. The van der Waals surface area contributed by atoms with E-state index in [2.05, 4.69) is 10.3 Å². The van der Waals surface area contributed by atoms with Crippen LogP contribution in [-0.2, 0) is 11.0 Å². The van der Waals surface area contributed by atoms with Gasteiger partial charge in [-0.15, -0.1) is 0 Å². The summed E-state index contributed by atoms with van der Waals surface area (Å²) < 4.78 is 38.4. The maximum absolute atomic E-state index is 12.8. The topological polar surface area (TPSA) is 72.3 Å². The van der Waals surface area contributed by atoms with Crippen molar-refractivity contribution in [3.8, 4) is 6.07 Å². The van der Waals surface area contributed by atoms with Crippen LogP contribution in [0.1, 0.15) is 17.5 Å². The molecule has 0 spiro atoms. The molecule has 1 fully saturated rings. The summed E-state index contributed by atoms with van der Waals surface area (Å²) in [6.45, 7) is 2.45. The molecule has 1 amide bonds. The minimum Gasteiger partial charge on any atom is -0.354 e. The lowest BCUT2D eigenvalue weighted by Gasteiger charge is -2.23. The van der Waals surface area contributed by atoms with Gasteiger partial charge in [0.2, 0.25) is 5.91 Å². The van der Waals surface area contributed by atoms with E-state index < -0.39 is 11.7 Å². The molecule has 3 rings (SSSR count). The first kappa shape index (κ1) is 21.9. The monoisotopic (exact) mass is 437 g/mol. The van der Waals surface area contributed by atoms with Crippen LogP contribution in [0.15, 0.2) is 36.5 Å². The van der Waals surface area contributed by atoms with Crippen molar-refractivity contribution in [2.75, 3.05) is 42.9 Å². The Morgan fingerprint density at radius 1 is 1.20 bits per heavy atom. The Kier molecular flexibility index (Phi) is 6.80. The highest BCUT2D eigenvalue weighted by Crippen LogP contribution is 2.33. The second-order valence-electron chi connectivity index (χ2n) is 6.88. The van der Waals surface area contributed by atoms with Gasteiger partial charge in [0.05, 0.1) is 28.8 Å². The zero-order valence-electron chi connectivity index (χ0n) is 15.9.